The maximum atomic E-state index is 12.7. The topological polar surface area (TPSA) is 59.2 Å². The zero-order valence-electron chi connectivity index (χ0n) is 15.0. The summed E-state index contributed by atoms with van der Waals surface area (Å²) in [7, 11) is 3.07. The molecule has 2 N–H and O–H groups in total. The van der Waals surface area contributed by atoms with E-state index in [1.165, 1.54) is 25.3 Å². The van der Waals surface area contributed by atoms with Gasteiger partial charge in [0.2, 0.25) is 0 Å². The van der Waals surface area contributed by atoms with Crippen LogP contribution in [0.25, 0.3) is 11.3 Å². The molecule has 0 saturated heterocycles. The number of H-pyrrole nitrogens is 1. The summed E-state index contributed by atoms with van der Waals surface area (Å²) in [5.41, 5.74) is -0.000746. The number of methoxy groups -OCH3 is 2. The standard InChI is InChI=1S/C19H16F3N3O2S/c1-26-11-4-3-10-7-14-17(13(10)8-11)24-25-18(14)23-15-9-12(28-19(20,21)22)5-6-16(15)27-2/h3-6,8-9H,7H2,1-2H3,(H2,23,24,25). The van der Waals surface area contributed by atoms with Gasteiger partial charge in [-0.25, -0.2) is 0 Å². The Kier molecular flexibility index (Phi) is 4.62. The predicted octanol–water partition coefficient (Wildman–Crippen LogP) is 5.35. The molecule has 2 aromatic carbocycles. The van der Waals surface area contributed by atoms with E-state index in [2.05, 4.69) is 15.5 Å². The number of ether oxygens (including phenoxy) is 2. The van der Waals surface area contributed by atoms with E-state index in [4.69, 9.17) is 9.47 Å². The van der Waals surface area contributed by atoms with Crippen LogP contribution in [0.3, 0.4) is 0 Å². The predicted molar refractivity (Wildman–Crippen MR) is 102 cm³/mol. The first-order chi connectivity index (χ1) is 13.4. The number of fused-ring (bicyclic) bond motifs is 3. The smallest absolute Gasteiger partial charge is 0.446 e. The molecule has 3 aromatic rings. The van der Waals surface area contributed by atoms with Crippen molar-refractivity contribution in [3.63, 3.8) is 0 Å². The molecule has 0 radical (unpaired) electrons. The number of hydrogen-bond donors (Lipinski definition) is 2. The summed E-state index contributed by atoms with van der Waals surface area (Å²) < 4.78 is 48.7. The van der Waals surface area contributed by atoms with Gasteiger partial charge in [0.25, 0.3) is 0 Å². The SMILES string of the molecule is COc1ccc2c(c1)-c1[nH]nc(Nc3cc(SC(F)(F)F)ccc3OC)c1C2. The minimum absolute atomic E-state index is 0.0657. The van der Waals surface area contributed by atoms with Crippen LogP contribution in [0, 0.1) is 0 Å². The van der Waals surface area contributed by atoms with E-state index in [0.29, 0.717) is 23.7 Å². The number of benzene rings is 2. The molecule has 1 heterocycles. The molecule has 0 atom stereocenters. The lowest BCUT2D eigenvalue weighted by Gasteiger charge is -2.13. The van der Waals surface area contributed by atoms with Crippen molar-refractivity contribution >= 4 is 23.3 Å². The van der Waals surface area contributed by atoms with Crippen molar-refractivity contribution < 1.29 is 22.6 Å². The fourth-order valence-electron chi connectivity index (χ4n) is 3.23. The molecular formula is C19H16F3N3O2S. The van der Waals surface area contributed by atoms with Crippen LogP contribution in [-0.4, -0.2) is 29.9 Å². The van der Waals surface area contributed by atoms with E-state index < -0.39 is 5.51 Å². The summed E-state index contributed by atoms with van der Waals surface area (Å²) in [5.74, 6) is 1.73. The van der Waals surface area contributed by atoms with Gasteiger partial charge in [-0.2, -0.15) is 18.3 Å². The summed E-state index contributed by atoms with van der Waals surface area (Å²) in [6.07, 6.45) is 0.660. The third-order valence-corrected chi connectivity index (χ3v) is 5.20. The zero-order valence-corrected chi connectivity index (χ0v) is 15.8. The van der Waals surface area contributed by atoms with E-state index in [9.17, 15) is 13.2 Å². The number of halogens is 3. The Morgan fingerprint density at radius 2 is 1.93 bits per heavy atom. The Bertz CT molecular complexity index is 1030. The van der Waals surface area contributed by atoms with Gasteiger partial charge >= 0.3 is 5.51 Å². The summed E-state index contributed by atoms with van der Waals surface area (Å²) in [6.45, 7) is 0. The number of nitrogens with one attached hydrogen (secondary N) is 2. The van der Waals surface area contributed by atoms with Crippen molar-refractivity contribution in [2.24, 2.45) is 0 Å². The average Bonchev–Trinajstić information content (AvgIpc) is 3.20. The Balaban J connectivity index is 1.66. The number of alkyl halides is 3. The van der Waals surface area contributed by atoms with Gasteiger partial charge in [0.15, 0.2) is 5.82 Å². The van der Waals surface area contributed by atoms with Crippen molar-refractivity contribution in [3.05, 3.63) is 47.5 Å². The van der Waals surface area contributed by atoms with Crippen LogP contribution >= 0.6 is 11.8 Å². The van der Waals surface area contributed by atoms with Crippen molar-refractivity contribution in [1.82, 2.24) is 10.2 Å². The first kappa shape index (κ1) is 18.5. The number of rotatable bonds is 5. The van der Waals surface area contributed by atoms with Gasteiger partial charge < -0.3 is 14.8 Å². The highest BCUT2D eigenvalue weighted by atomic mass is 32.2. The van der Waals surface area contributed by atoms with Crippen molar-refractivity contribution in [1.29, 1.82) is 0 Å². The Labute approximate surface area is 163 Å². The first-order valence-electron chi connectivity index (χ1n) is 8.33. The van der Waals surface area contributed by atoms with Crippen LogP contribution in [0.1, 0.15) is 11.1 Å². The summed E-state index contributed by atoms with van der Waals surface area (Å²) in [5, 5.41) is 10.4. The van der Waals surface area contributed by atoms with Crippen LogP contribution in [-0.2, 0) is 6.42 Å². The van der Waals surface area contributed by atoms with Crippen molar-refractivity contribution in [2.45, 2.75) is 16.8 Å². The zero-order chi connectivity index (χ0) is 19.9. The van der Waals surface area contributed by atoms with E-state index in [1.54, 1.807) is 7.11 Å². The second-order valence-electron chi connectivity index (χ2n) is 6.16. The molecule has 0 saturated carbocycles. The van der Waals surface area contributed by atoms with Crippen molar-refractivity contribution in [3.8, 4) is 22.8 Å². The van der Waals surface area contributed by atoms with Gasteiger partial charge in [0.05, 0.1) is 25.6 Å². The van der Waals surface area contributed by atoms with Crippen LogP contribution in [0.4, 0.5) is 24.7 Å². The minimum Gasteiger partial charge on any atom is -0.497 e. The molecule has 1 aromatic heterocycles. The summed E-state index contributed by atoms with van der Waals surface area (Å²) in [6, 6.07) is 10.1. The molecule has 0 aliphatic heterocycles. The van der Waals surface area contributed by atoms with E-state index in [0.717, 1.165) is 28.1 Å². The minimum atomic E-state index is -4.36. The van der Waals surface area contributed by atoms with E-state index in [-0.39, 0.29) is 16.7 Å². The fourth-order valence-corrected chi connectivity index (χ4v) is 3.81. The highest BCUT2D eigenvalue weighted by Crippen LogP contribution is 2.43. The number of aromatic amines is 1. The Morgan fingerprint density at radius 3 is 2.64 bits per heavy atom. The Morgan fingerprint density at radius 1 is 1.11 bits per heavy atom. The molecule has 0 spiro atoms. The molecule has 0 amide bonds. The first-order valence-corrected chi connectivity index (χ1v) is 9.15. The molecule has 5 nitrogen and oxygen atoms in total. The van der Waals surface area contributed by atoms with Crippen LogP contribution in [0.5, 0.6) is 11.5 Å². The quantitative estimate of drug-likeness (QED) is 0.437. The van der Waals surface area contributed by atoms with Gasteiger partial charge in [-0.1, -0.05) is 6.07 Å². The fraction of sp³-hybridized carbons (Fsp3) is 0.211. The third-order valence-electron chi connectivity index (χ3n) is 4.48. The summed E-state index contributed by atoms with van der Waals surface area (Å²) >= 11 is -0.172. The lowest BCUT2D eigenvalue weighted by atomic mass is 10.1. The molecular weight excluding hydrogens is 391 g/mol. The van der Waals surface area contributed by atoms with Gasteiger partial charge in [-0.15, -0.1) is 0 Å². The molecule has 28 heavy (non-hydrogen) atoms. The van der Waals surface area contributed by atoms with E-state index in [1.807, 2.05) is 18.2 Å². The second kappa shape index (κ2) is 6.97. The molecule has 0 fully saturated rings. The molecule has 9 heteroatoms. The van der Waals surface area contributed by atoms with Gasteiger partial charge in [0.1, 0.15) is 11.5 Å². The van der Waals surface area contributed by atoms with Crippen molar-refractivity contribution in [2.75, 3.05) is 19.5 Å². The average molecular weight is 407 g/mol. The molecule has 146 valence electrons. The molecule has 0 unspecified atom stereocenters. The maximum absolute atomic E-state index is 12.7. The van der Waals surface area contributed by atoms with Gasteiger partial charge in [0, 0.05) is 22.4 Å². The second-order valence-corrected chi connectivity index (χ2v) is 7.30. The number of hydrogen-bond acceptors (Lipinski definition) is 5. The van der Waals surface area contributed by atoms with Crippen LogP contribution in [0.2, 0.25) is 0 Å². The maximum Gasteiger partial charge on any atom is 0.446 e. The molecule has 4 rings (SSSR count). The normalized spacial score (nSPS) is 12.5. The van der Waals surface area contributed by atoms with E-state index >= 15 is 0 Å². The number of nitrogens with zero attached hydrogens (tertiary/aromatic N) is 1. The third kappa shape index (κ3) is 3.49. The Hall–Kier alpha value is -2.81. The number of anilines is 2. The molecule has 1 aliphatic carbocycles. The lowest BCUT2D eigenvalue weighted by molar-refractivity contribution is -0.0328. The highest BCUT2D eigenvalue weighted by molar-refractivity contribution is 8.00. The summed E-state index contributed by atoms with van der Waals surface area (Å²) in [4.78, 5) is 0.0657. The lowest BCUT2D eigenvalue weighted by Crippen LogP contribution is -2.01. The number of thioether (sulfide) groups is 1. The molecule has 1 aliphatic rings. The largest absolute Gasteiger partial charge is 0.497 e. The van der Waals surface area contributed by atoms with Crippen LogP contribution < -0.4 is 14.8 Å². The highest BCUT2D eigenvalue weighted by Gasteiger charge is 2.30. The molecule has 0 bridgehead atoms. The number of aromatic nitrogens is 2. The van der Waals surface area contributed by atoms with Crippen LogP contribution in [0.15, 0.2) is 41.3 Å². The van der Waals surface area contributed by atoms with Gasteiger partial charge in [-0.05, 0) is 47.7 Å². The van der Waals surface area contributed by atoms with Gasteiger partial charge in [-0.3, -0.25) is 5.10 Å². The monoisotopic (exact) mass is 407 g/mol.